The molecule has 0 bridgehead atoms. The zero-order valence-corrected chi connectivity index (χ0v) is 20.0. The summed E-state index contributed by atoms with van der Waals surface area (Å²) in [6.07, 6.45) is 2.36. The molecule has 184 valence electrons. The van der Waals surface area contributed by atoms with Crippen molar-refractivity contribution in [1.82, 2.24) is 9.97 Å². The topological polar surface area (TPSA) is 165 Å². The number of Topliss-reactive ketones (excluding diaryl/α,β-unsaturated/α-hetero) is 1. The lowest BCUT2D eigenvalue weighted by atomic mass is 10.1. The lowest BCUT2D eigenvalue weighted by molar-refractivity contribution is 0.0984. The monoisotopic (exact) mass is 501 g/mol. The van der Waals surface area contributed by atoms with Crippen LogP contribution in [0.5, 0.6) is 0 Å². The lowest BCUT2D eigenvalue weighted by Crippen LogP contribution is -2.29. The van der Waals surface area contributed by atoms with E-state index in [-0.39, 0.29) is 52.2 Å². The van der Waals surface area contributed by atoms with Crippen LogP contribution in [0.2, 0.25) is 0 Å². The maximum Gasteiger partial charge on any atom is 0.254 e. The van der Waals surface area contributed by atoms with E-state index in [1.807, 2.05) is 0 Å². The summed E-state index contributed by atoms with van der Waals surface area (Å²) in [7, 11) is -2.24. The summed E-state index contributed by atoms with van der Waals surface area (Å²) in [5.41, 5.74) is 5.99. The number of nitrogens with zero attached hydrogens (tertiary/aromatic N) is 4. The van der Waals surface area contributed by atoms with Gasteiger partial charge in [-0.05, 0) is 30.3 Å². The van der Waals surface area contributed by atoms with Crippen LogP contribution in [-0.2, 0) is 10.0 Å². The molecule has 0 aliphatic rings. The number of carbonyl (C=O) groups is 2. The molecule has 0 saturated heterocycles. The molecule has 5 N–H and O–H groups in total. The average molecular weight is 502 g/mol. The first kappa shape index (κ1) is 25.5. The fourth-order valence-corrected chi connectivity index (χ4v) is 3.62. The zero-order valence-electron chi connectivity index (χ0n) is 19.2. The molecule has 0 atom stereocenters. The predicted octanol–water partition coefficient (Wildman–Crippen LogP) is 2.46. The molecule has 1 aromatic heterocycles. The van der Waals surface area contributed by atoms with Crippen LogP contribution >= 0.6 is 0 Å². The fraction of sp³-hybridized carbons (Fsp3) is 0.182. The Morgan fingerprint density at radius 1 is 1.14 bits per heavy atom. The quantitative estimate of drug-likeness (QED) is 0.227. The van der Waals surface area contributed by atoms with Crippen LogP contribution in [0.1, 0.15) is 34.1 Å². The van der Waals surface area contributed by atoms with Gasteiger partial charge in [-0.25, -0.2) is 28.6 Å². The van der Waals surface area contributed by atoms with E-state index in [9.17, 15) is 22.4 Å². The molecule has 0 fully saturated rings. The van der Waals surface area contributed by atoms with Crippen LogP contribution < -0.4 is 26.2 Å². The SMILES string of the molecule is CCC(=O)c1ccc(F)c(N(N)c2ncc(C(N)=O)c(Nc3ccccc3N(C)S(C)(=O)=O)n2)c1. The maximum atomic E-state index is 14.5. The van der Waals surface area contributed by atoms with Crippen LogP contribution in [0.4, 0.5) is 33.2 Å². The number of hydrazine groups is 1. The fourth-order valence-electron chi connectivity index (χ4n) is 3.11. The molecule has 1 amide bonds. The molecule has 3 rings (SSSR count). The summed E-state index contributed by atoms with van der Waals surface area (Å²) in [6.45, 7) is 1.67. The van der Waals surface area contributed by atoms with E-state index in [0.29, 0.717) is 0 Å². The molecule has 0 spiro atoms. The highest BCUT2D eigenvalue weighted by molar-refractivity contribution is 7.92. The molecule has 2 aromatic carbocycles. The normalized spacial score (nSPS) is 11.1. The lowest BCUT2D eigenvalue weighted by Gasteiger charge is -2.22. The van der Waals surface area contributed by atoms with Gasteiger partial charge >= 0.3 is 0 Å². The highest BCUT2D eigenvalue weighted by Gasteiger charge is 2.21. The number of halogens is 1. The number of benzene rings is 2. The largest absolute Gasteiger partial charge is 0.365 e. The number of hydrogen-bond acceptors (Lipinski definition) is 9. The van der Waals surface area contributed by atoms with Gasteiger partial charge in [-0.1, -0.05) is 19.1 Å². The molecule has 0 radical (unpaired) electrons. The van der Waals surface area contributed by atoms with E-state index >= 15 is 0 Å². The Morgan fingerprint density at radius 3 is 2.46 bits per heavy atom. The molecule has 13 heteroatoms. The van der Waals surface area contributed by atoms with E-state index in [0.717, 1.165) is 27.8 Å². The van der Waals surface area contributed by atoms with Crippen molar-refractivity contribution in [3.05, 3.63) is 65.6 Å². The van der Waals surface area contributed by atoms with Crippen LogP contribution in [0.25, 0.3) is 0 Å². The highest BCUT2D eigenvalue weighted by atomic mass is 32.2. The second kappa shape index (κ2) is 10.0. The Labute approximate surface area is 201 Å². The van der Waals surface area contributed by atoms with Gasteiger partial charge in [-0.2, -0.15) is 4.98 Å². The molecule has 35 heavy (non-hydrogen) atoms. The summed E-state index contributed by atoms with van der Waals surface area (Å²) >= 11 is 0. The summed E-state index contributed by atoms with van der Waals surface area (Å²) in [4.78, 5) is 32.3. The minimum absolute atomic E-state index is 0.0894. The second-order valence-corrected chi connectivity index (χ2v) is 9.50. The van der Waals surface area contributed by atoms with Crippen molar-refractivity contribution in [3.8, 4) is 0 Å². The minimum Gasteiger partial charge on any atom is -0.365 e. The summed E-state index contributed by atoms with van der Waals surface area (Å²) in [5.74, 6) is 3.97. The van der Waals surface area contributed by atoms with Gasteiger partial charge in [0.05, 0.1) is 23.3 Å². The number of hydrogen-bond donors (Lipinski definition) is 3. The first-order valence-electron chi connectivity index (χ1n) is 10.3. The van der Waals surface area contributed by atoms with E-state index in [1.54, 1.807) is 31.2 Å². The van der Waals surface area contributed by atoms with Crippen molar-refractivity contribution >= 4 is 50.5 Å². The third kappa shape index (κ3) is 5.53. The van der Waals surface area contributed by atoms with Gasteiger partial charge in [0.2, 0.25) is 16.0 Å². The number of aromatic nitrogens is 2. The van der Waals surface area contributed by atoms with Crippen LogP contribution in [0.3, 0.4) is 0 Å². The van der Waals surface area contributed by atoms with E-state index in [2.05, 4.69) is 15.3 Å². The van der Waals surface area contributed by atoms with Crippen molar-refractivity contribution < 1.29 is 22.4 Å². The smallest absolute Gasteiger partial charge is 0.254 e. The number of ketones is 1. The maximum absolute atomic E-state index is 14.5. The van der Waals surface area contributed by atoms with Gasteiger partial charge in [0.1, 0.15) is 17.2 Å². The van der Waals surface area contributed by atoms with Crippen LogP contribution in [0, 0.1) is 5.82 Å². The van der Waals surface area contributed by atoms with Crippen molar-refractivity contribution in [2.75, 3.05) is 27.9 Å². The number of para-hydroxylation sites is 2. The average Bonchev–Trinajstić information content (AvgIpc) is 2.82. The number of nitrogens with one attached hydrogen (secondary N) is 1. The van der Waals surface area contributed by atoms with Crippen molar-refractivity contribution in [1.29, 1.82) is 0 Å². The van der Waals surface area contributed by atoms with Crippen LogP contribution in [0.15, 0.2) is 48.7 Å². The third-order valence-corrected chi connectivity index (χ3v) is 6.29. The molecule has 0 aliphatic heterocycles. The van der Waals surface area contributed by atoms with Gasteiger partial charge in [-0.15, -0.1) is 0 Å². The molecule has 0 saturated carbocycles. The molecule has 3 aromatic rings. The van der Waals surface area contributed by atoms with E-state index < -0.39 is 21.7 Å². The first-order valence-corrected chi connectivity index (χ1v) is 12.1. The van der Waals surface area contributed by atoms with Gasteiger partial charge < -0.3 is 11.1 Å². The molecule has 1 heterocycles. The molecule has 0 unspecified atom stereocenters. The first-order chi connectivity index (χ1) is 16.4. The number of anilines is 5. The number of sulfonamides is 1. The third-order valence-electron chi connectivity index (χ3n) is 5.10. The summed E-state index contributed by atoms with van der Waals surface area (Å²) < 4.78 is 39.7. The van der Waals surface area contributed by atoms with Crippen molar-refractivity contribution in [2.24, 2.45) is 11.6 Å². The van der Waals surface area contributed by atoms with Crippen molar-refractivity contribution in [2.45, 2.75) is 13.3 Å². The Morgan fingerprint density at radius 2 is 1.83 bits per heavy atom. The molecular weight excluding hydrogens is 477 g/mol. The van der Waals surface area contributed by atoms with Gasteiger partial charge in [0, 0.05) is 25.2 Å². The van der Waals surface area contributed by atoms with Gasteiger partial charge in [-0.3, -0.25) is 13.9 Å². The predicted molar refractivity (Wildman–Crippen MR) is 131 cm³/mol. The van der Waals surface area contributed by atoms with Crippen molar-refractivity contribution in [3.63, 3.8) is 0 Å². The summed E-state index contributed by atoms with van der Waals surface area (Å²) in [6, 6.07) is 10.1. The minimum atomic E-state index is -3.60. The van der Waals surface area contributed by atoms with Crippen LogP contribution in [-0.4, -0.2) is 43.4 Å². The number of rotatable bonds is 9. The van der Waals surface area contributed by atoms with E-state index in [1.165, 1.54) is 19.2 Å². The Balaban J connectivity index is 2.08. The Hall–Kier alpha value is -4.10. The van der Waals surface area contributed by atoms with Gasteiger partial charge in [0.15, 0.2) is 5.78 Å². The standard InChI is InChI=1S/C22H24FN7O4S/c1-4-19(31)13-9-10-15(23)18(11-13)30(25)22-26-12-14(20(24)32)21(28-22)27-16-7-5-6-8-17(16)29(2)35(3,33)34/h5-12H,4,25H2,1-3H3,(H2,24,32)(H,26,27,28). The number of primary amides is 1. The molecule has 0 aliphatic carbocycles. The zero-order chi connectivity index (χ0) is 25.9. The Kier molecular flexibility index (Phi) is 7.31. The molecular formula is C22H24FN7O4S. The summed E-state index contributed by atoms with van der Waals surface area (Å²) in [5, 5.41) is 3.71. The number of nitrogens with two attached hydrogens (primary N) is 2. The molecule has 11 nitrogen and oxygen atoms in total. The highest BCUT2D eigenvalue weighted by Crippen LogP contribution is 2.31. The number of amides is 1. The Bertz CT molecular complexity index is 1400. The van der Waals surface area contributed by atoms with E-state index in [4.69, 9.17) is 11.6 Å². The number of carbonyl (C=O) groups excluding carboxylic acids is 2. The second-order valence-electron chi connectivity index (χ2n) is 7.48. The van der Waals surface area contributed by atoms with Gasteiger partial charge in [0.25, 0.3) is 5.91 Å².